The third-order valence-electron chi connectivity index (χ3n) is 7.36. The number of ether oxygens (including phenoxy) is 3. The van der Waals surface area contributed by atoms with Crippen molar-refractivity contribution in [3.8, 4) is 0 Å². The zero-order valence-corrected chi connectivity index (χ0v) is 24.1. The quantitative estimate of drug-likeness (QED) is 0.106. The second-order valence-corrected chi connectivity index (χ2v) is 10.7. The van der Waals surface area contributed by atoms with Crippen LogP contribution < -0.4 is 11.5 Å². The van der Waals surface area contributed by atoms with Gasteiger partial charge in [-0.1, -0.05) is 51.7 Å². The van der Waals surface area contributed by atoms with Crippen LogP contribution in [0.5, 0.6) is 0 Å². The van der Waals surface area contributed by atoms with Crippen LogP contribution in [0.1, 0.15) is 105 Å². The van der Waals surface area contributed by atoms with Gasteiger partial charge in [0.1, 0.15) is 6.10 Å². The summed E-state index contributed by atoms with van der Waals surface area (Å²) in [6.45, 7) is 5.39. The fraction of sp³-hybridized carbons (Fsp3) is 0.515. The van der Waals surface area contributed by atoms with Crippen LogP contribution in [0.3, 0.4) is 0 Å². The Morgan fingerprint density at radius 1 is 0.900 bits per heavy atom. The molecule has 4 N–H and O–H groups in total. The second-order valence-electron chi connectivity index (χ2n) is 10.7. The summed E-state index contributed by atoms with van der Waals surface area (Å²) in [4.78, 5) is 25.1. The van der Waals surface area contributed by atoms with Gasteiger partial charge in [0.05, 0.1) is 18.3 Å². The third-order valence-corrected chi connectivity index (χ3v) is 7.36. The molecule has 1 saturated carbocycles. The summed E-state index contributed by atoms with van der Waals surface area (Å²) in [5.41, 5.74) is 15.4. The molecule has 218 valence electrons. The maximum absolute atomic E-state index is 12.6. The molecule has 7 heteroatoms. The zero-order chi connectivity index (χ0) is 28.7. The molecular formula is C33H46N2O5. The number of hydrogen-bond acceptors (Lipinski definition) is 7. The Morgan fingerprint density at radius 3 is 2.20 bits per heavy atom. The van der Waals surface area contributed by atoms with E-state index in [0.29, 0.717) is 16.9 Å². The molecule has 2 aromatic carbocycles. The fourth-order valence-electron chi connectivity index (χ4n) is 5.00. The number of unbranched alkanes of at least 4 members (excludes halogenated alkanes) is 3. The van der Waals surface area contributed by atoms with Gasteiger partial charge in [0.2, 0.25) is 0 Å². The Labute approximate surface area is 239 Å². The van der Waals surface area contributed by atoms with Gasteiger partial charge in [-0.2, -0.15) is 0 Å². The minimum Gasteiger partial charge on any atom is -0.462 e. The number of rotatable bonds is 15. The van der Waals surface area contributed by atoms with Crippen LogP contribution in [0.25, 0.3) is 6.08 Å². The third kappa shape index (κ3) is 10.7. The van der Waals surface area contributed by atoms with Gasteiger partial charge in [0.25, 0.3) is 0 Å². The number of benzene rings is 2. The van der Waals surface area contributed by atoms with E-state index < -0.39 is 5.97 Å². The van der Waals surface area contributed by atoms with Crippen molar-refractivity contribution < 1.29 is 23.8 Å². The van der Waals surface area contributed by atoms with Gasteiger partial charge in [-0.3, -0.25) is 0 Å². The topological polar surface area (TPSA) is 114 Å². The molecule has 1 aliphatic rings. The summed E-state index contributed by atoms with van der Waals surface area (Å²) in [7, 11) is 0. The molecule has 0 amide bonds. The first-order valence-corrected chi connectivity index (χ1v) is 14.8. The minimum absolute atomic E-state index is 0.0294. The summed E-state index contributed by atoms with van der Waals surface area (Å²) < 4.78 is 17.2. The summed E-state index contributed by atoms with van der Waals surface area (Å²) in [6.07, 6.45) is 13.2. The smallest absolute Gasteiger partial charge is 0.338 e. The molecule has 0 heterocycles. The van der Waals surface area contributed by atoms with Crippen molar-refractivity contribution in [2.24, 2.45) is 0 Å². The van der Waals surface area contributed by atoms with Gasteiger partial charge < -0.3 is 25.7 Å². The van der Waals surface area contributed by atoms with Gasteiger partial charge in [-0.15, -0.1) is 0 Å². The van der Waals surface area contributed by atoms with Crippen molar-refractivity contribution in [1.82, 2.24) is 0 Å². The molecule has 40 heavy (non-hydrogen) atoms. The standard InChI is InChI=1S/C33H46N2O5/c1-3-5-7-19-38-30-14-16-31(17-15-30)40-33(37)25-12-9-24(10-13-25)11-18-32(36)39-23-26(8-6-4-2)27-20-28(34)22-29(35)21-27/h9-13,18,20-22,26,30-31H,3-8,14-17,19,23,34-35H2,1-2H3. The number of esters is 2. The lowest BCUT2D eigenvalue weighted by atomic mass is 9.93. The maximum Gasteiger partial charge on any atom is 0.338 e. The highest BCUT2D eigenvalue weighted by molar-refractivity contribution is 5.90. The molecule has 0 aromatic heterocycles. The number of anilines is 2. The van der Waals surface area contributed by atoms with E-state index in [-0.39, 0.29) is 30.7 Å². The van der Waals surface area contributed by atoms with Crippen LogP contribution in [0.15, 0.2) is 48.5 Å². The van der Waals surface area contributed by atoms with E-state index in [1.54, 1.807) is 36.4 Å². The first kappa shape index (κ1) is 31.2. The highest BCUT2D eigenvalue weighted by Gasteiger charge is 2.24. The van der Waals surface area contributed by atoms with Gasteiger partial charge in [-0.05, 0) is 86.1 Å². The first-order valence-electron chi connectivity index (χ1n) is 14.8. The molecule has 1 fully saturated rings. The highest BCUT2D eigenvalue weighted by Crippen LogP contribution is 2.27. The van der Waals surface area contributed by atoms with Gasteiger partial charge >= 0.3 is 11.9 Å². The molecular weight excluding hydrogens is 504 g/mol. The summed E-state index contributed by atoms with van der Waals surface area (Å²) in [6, 6.07) is 12.5. The van der Waals surface area contributed by atoms with E-state index in [1.807, 2.05) is 12.1 Å². The van der Waals surface area contributed by atoms with E-state index in [0.717, 1.165) is 69.1 Å². The maximum atomic E-state index is 12.6. The van der Waals surface area contributed by atoms with E-state index in [1.165, 1.54) is 18.9 Å². The molecule has 0 saturated heterocycles. The first-order chi connectivity index (χ1) is 19.4. The lowest BCUT2D eigenvalue weighted by Gasteiger charge is -2.28. The SMILES string of the molecule is CCCCCOC1CCC(OC(=O)c2ccc(C=CC(=O)OCC(CCCC)c3cc(N)cc(N)c3)cc2)CC1. The van der Waals surface area contributed by atoms with Crippen LogP contribution in [0.4, 0.5) is 11.4 Å². The van der Waals surface area contributed by atoms with E-state index in [4.69, 9.17) is 25.7 Å². The van der Waals surface area contributed by atoms with Crippen molar-refractivity contribution in [3.05, 3.63) is 65.2 Å². The predicted octanol–water partition coefficient (Wildman–Crippen LogP) is 7.06. The van der Waals surface area contributed by atoms with Crippen molar-refractivity contribution in [1.29, 1.82) is 0 Å². The summed E-state index contributed by atoms with van der Waals surface area (Å²) >= 11 is 0. The number of hydrogen-bond donors (Lipinski definition) is 2. The second kappa shape index (κ2) is 16.7. The molecule has 0 bridgehead atoms. The minimum atomic E-state index is -0.424. The molecule has 0 aliphatic heterocycles. The van der Waals surface area contributed by atoms with Crippen LogP contribution >= 0.6 is 0 Å². The van der Waals surface area contributed by atoms with Crippen LogP contribution in [-0.2, 0) is 19.0 Å². The summed E-state index contributed by atoms with van der Waals surface area (Å²) in [5.74, 6) is -0.712. The van der Waals surface area contributed by atoms with Gasteiger partial charge in [0.15, 0.2) is 0 Å². The van der Waals surface area contributed by atoms with E-state index >= 15 is 0 Å². The van der Waals surface area contributed by atoms with Crippen molar-refractivity contribution in [3.63, 3.8) is 0 Å². The number of nitrogens with two attached hydrogens (primary N) is 2. The van der Waals surface area contributed by atoms with Crippen molar-refractivity contribution in [2.75, 3.05) is 24.7 Å². The van der Waals surface area contributed by atoms with Crippen LogP contribution in [0.2, 0.25) is 0 Å². The van der Waals surface area contributed by atoms with E-state index in [2.05, 4.69) is 13.8 Å². The number of carbonyl (C=O) groups excluding carboxylic acids is 2. The highest BCUT2D eigenvalue weighted by atomic mass is 16.5. The van der Waals surface area contributed by atoms with Crippen LogP contribution in [0, 0.1) is 0 Å². The van der Waals surface area contributed by atoms with Gasteiger partial charge in [-0.25, -0.2) is 9.59 Å². The summed E-state index contributed by atoms with van der Waals surface area (Å²) in [5, 5.41) is 0. The Kier molecular flexibility index (Phi) is 13.0. The molecule has 0 spiro atoms. The molecule has 1 atom stereocenters. The molecule has 7 nitrogen and oxygen atoms in total. The van der Waals surface area contributed by atoms with Gasteiger partial charge in [0, 0.05) is 30.0 Å². The van der Waals surface area contributed by atoms with Crippen molar-refractivity contribution >= 4 is 29.4 Å². The monoisotopic (exact) mass is 550 g/mol. The molecule has 1 unspecified atom stereocenters. The Morgan fingerprint density at radius 2 is 1.55 bits per heavy atom. The number of carbonyl (C=O) groups is 2. The average molecular weight is 551 g/mol. The fourth-order valence-corrected chi connectivity index (χ4v) is 5.00. The van der Waals surface area contributed by atoms with Crippen molar-refractivity contribution in [2.45, 2.75) is 96.2 Å². The molecule has 3 rings (SSSR count). The Hall–Kier alpha value is -3.32. The Balaban J connectivity index is 1.44. The lowest BCUT2D eigenvalue weighted by Crippen LogP contribution is -2.28. The Bertz CT molecular complexity index is 1070. The molecule has 0 radical (unpaired) electrons. The predicted molar refractivity (Wildman–Crippen MR) is 161 cm³/mol. The molecule has 2 aromatic rings. The molecule has 1 aliphatic carbocycles. The number of nitrogen functional groups attached to an aromatic ring is 2. The van der Waals surface area contributed by atoms with Crippen LogP contribution in [-0.4, -0.2) is 37.4 Å². The largest absolute Gasteiger partial charge is 0.462 e. The average Bonchev–Trinajstić information content (AvgIpc) is 2.95. The zero-order valence-electron chi connectivity index (χ0n) is 24.1. The van der Waals surface area contributed by atoms with E-state index in [9.17, 15) is 9.59 Å². The lowest BCUT2D eigenvalue weighted by molar-refractivity contribution is -0.138. The normalized spacial score (nSPS) is 17.9.